The lowest BCUT2D eigenvalue weighted by molar-refractivity contribution is 0.454. The van der Waals surface area contributed by atoms with E-state index in [0.717, 1.165) is 10.6 Å². The van der Waals surface area contributed by atoms with E-state index in [9.17, 15) is 0 Å². The summed E-state index contributed by atoms with van der Waals surface area (Å²) in [7, 11) is 0. The van der Waals surface area contributed by atoms with E-state index >= 15 is 0 Å². The number of nitrogens with zero attached hydrogens (tertiary/aromatic N) is 1. The van der Waals surface area contributed by atoms with Crippen molar-refractivity contribution in [3.63, 3.8) is 0 Å². The predicted octanol–water partition coefficient (Wildman–Crippen LogP) is 3.37. The Morgan fingerprint density at radius 2 is 2.27 bits per heavy atom. The maximum absolute atomic E-state index is 6.02. The van der Waals surface area contributed by atoms with Crippen molar-refractivity contribution in [1.82, 2.24) is 4.98 Å². The van der Waals surface area contributed by atoms with Gasteiger partial charge in [-0.3, -0.25) is 0 Å². The first-order valence-corrected chi connectivity index (χ1v) is 5.49. The van der Waals surface area contributed by atoms with Gasteiger partial charge in [0.25, 0.3) is 5.22 Å². The molecule has 0 radical (unpaired) electrons. The second kappa shape index (κ2) is 4.16. The summed E-state index contributed by atoms with van der Waals surface area (Å²) in [5.74, 6) is 0. The van der Waals surface area contributed by atoms with Gasteiger partial charge < -0.3 is 10.2 Å². The van der Waals surface area contributed by atoms with Crippen LogP contribution in [0, 0.1) is 6.92 Å². The summed E-state index contributed by atoms with van der Waals surface area (Å²) in [5, 5.41) is 1.19. The first kappa shape index (κ1) is 10.4. The molecule has 0 atom stereocenters. The Balaban J connectivity index is 2.24. The highest BCUT2D eigenvalue weighted by Crippen LogP contribution is 2.33. The summed E-state index contributed by atoms with van der Waals surface area (Å²) in [6.45, 7) is 1.87. The van der Waals surface area contributed by atoms with Crippen LogP contribution in [0.2, 0.25) is 5.02 Å². The number of benzene rings is 1. The number of aromatic nitrogens is 1. The molecule has 2 rings (SSSR count). The molecule has 0 bridgehead atoms. The van der Waals surface area contributed by atoms with Crippen molar-refractivity contribution in [2.75, 3.05) is 5.73 Å². The number of oxazole rings is 1. The van der Waals surface area contributed by atoms with Crippen LogP contribution in [-0.4, -0.2) is 4.98 Å². The Bertz CT molecular complexity index is 484. The molecule has 2 aromatic rings. The Labute approximate surface area is 96.6 Å². The number of aryl methyl sites for hydroxylation is 1. The zero-order valence-corrected chi connectivity index (χ0v) is 9.60. The van der Waals surface area contributed by atoms with Crippen molar-refractivity contribution >= 4 is 29.1 Å². The molecule has 0 aliphatic rings. The summed E-state index contributed by atoms with van der Waals surface area (Å²) >= 11 is 7.39. The molecule has 0 amide bonds. The Kier molecular flexibility index (Phi) is 2.88. The highest BCUT2D eigenvalue weighted by Gasteiger charge is 2.07. The molecule has 0 aliphatic carbocycles. The normalized spacial score (nSPS) is 10.5. The Morgan fingerprint density at radius 3 is 2.87 bits per heavy atom. The number of nitrogen functional groups attached to an aromatic ring is 1. The van der Waals surface area contributed by atoms with E-state index in [0.29, 0.717) is 15.9 Å². The molecule has 1 aromatic carbocycles. The monoisotopic (exact) mass is 240 g/mol. The van der Waals surface area contributed by atoms with E-state index < -0.39 is 0 Å². The van der Waals surface area contributed by atoms with E-state index in [-0.39, 0.29) is 0 Å². The highest BCUT2D eigenvalue weighted by molar-refractivity contribution is 7.99. The van der Waals surface area contributed by atoms with Crippen LogP contribution >= 0.6 is 23.4 Å². The molecule has 0 saturated heterocycles. The molecular formula is C10H9ClN2OS. The van der Waals surface area contributed by atoms with Gasteiger partial charge in [-0.25, -0.2) is 4.98 Å². The van der Waals surface area contributed by atoms with E-state index in [1.165, 1.54) is 11.8 Å². The Hall–Kier alpha value is -1.13. The average molecular weight is 241 g/mol. The largest absolute Gasteiger partial charge is 0.439 e. The zero-order valence-electron chi connectivity index (χ0n) is 8.03. The first-order chi connectivity index (χ1) is 7.15. The summed E-state index contributed by atoms with van der Waals surface area (Å²) in [5.41, 5.74) is 7.09. The van der Waals surface area contributed by atoms with Crippen molar-refractivity contribution in [3.8, 4) is 0 Å². The van der Waals surface area contributed by atoms with Gasteiger partial charge in [-0.2, -0.15) is 0 Å². The Morgan fingerprint density at radius 1 is 1.47 bits per heavy atom. The van der Waals surface area contributed by atoms with Crippen molar-refractivity contribution in [1.29, 1.82) is 0 Å². The van der Waals surface area contributed by atoms with Gasteiger partial charge in [0, 0.05) is 10.6 Å². The molecular weight excluding hydrogens is 232 g/mol. The molecule has 0 unspecified atom stereocenters. The lowest BCUT2D eigenvalue weighted by Gasteiger charge is -2.01. The number of anilines is 1. The SMILES string of the molecule is Cc1coc(Sc2ccc(N)cc2Cl)n1. The van der Waals surface area contributed by atoms with E-state index in [4.69, 9.17) is 21.8 Å². The molecule has 1 heterocycles. The number of hydrogen-bond donors (Lipinski definition) is 1. The molecule has 0 aliphatic heterocycles. The van der Waals surface area contributed by atoms with Crippen molar-refractivity contribution in [2.45, 2.75) is 17.0 Å². The summed E-state index contributed by atoms with van der Waals surface area (Å²) < 4.78 is 5.22. The third-order valence-corrected chi connectivity index (χ3v) is 3.11. The second-order valence-corrected chi connectivity index (χ2v) is 4.45. The van der Waals surface area contributed by atoms with Crippen LogP contribution in [0.3, 0.4) is 0 Å². The summed E-state index contributed by atoms with van der Waals surface area (Å²) in [6.07, 6.45) is 1.60. The van der Waals surface area contributed by atoms with Crippen LogP contribution in [0.15, 0.2) is 39.0 Å². The highest BCUT2D eigenvalue weighted by atomic mass is 35.5. The lowest BCUT2D eigenvalue weighted by atomic mass is 10.3. The van der Waals surface area contributed by atoms with E-state index in [1.807, 2.05) is 13.0 Å². The fraction of sp³-hybridized carbons (Fsp3) is 0.100. The minimum Gasteiger partial charge on any atom is -0.439 e. The van der Waals surface area contributed by atoms with Crippen molar-refractivity contribution in [3.05, 3.63) is 35.2 Å². The first-order valence-electron chi connectivity index (χ1n) is 4.30. The standard InChI is InChI=1S/C10H9ClN2OS/c1-6-5-14-10(13-6)15-9-3-2-7(12)4-8(9)11/h2-5H,12H2,1H3. The third kappa shape index (κ3) is 2.46. The quantitative estimate of drug-likeness (QED) is 0.818. The van der Waals surface area contributed by atoms with Gasteiger partial charge in [-0.05, 0) is 36.9 Å². The molecule has 0 spiro atoms. The predicted molar refractivity (Wildman–Crippen MR) is 61.2 cm³/mol. The number of nitrogens with two attached hydrogens (primary N) is 1. The van der Waals surface area contributed by atoms with Gasteiger partial charge in [0.15, 0.2) is 0 Å². The summed E-state index contributed by atoms with van der Waals surface area (Å²) in [4.78, 5) is 5.06. The second-order valence-electron chi connectivity index (χ2n) is 3.05. The zero-order chi connectivity index (χ0) is 10.8. The fourth-order valence-electron chi connectivity index (χ4n) is 1.07. The number of hydrogen-bond acceptors (Lipinski definition) is 4. The fourth-order valence-corrected chi connectivity index (χ4v) is 2.14. The third-order valence-electron chi connectivity index (χ3n) is 1.75. The number of rotatable bonds is 2. The van der Waals surface area contributed by atoms with Crippen LogP contribution in [0.1, 0.15) is 5.69 Å². The van der Waals surface area contributed by atoms with Gasteiger partial charge in [-0.1, -0.05) is 11.6 Å². The molecule has 0 saturated carbocycles. The molecule has 5 heteroatoms. The summed E-state index contributed by atoms with van der Waals surface area (Å²) in [6, 6.07) is 5.35. The minimum atomic E-state index is 0.583. The van der Waals surface area contributed by atoms with Gasteiger partial charge in [0.05, 0.1) is 10.7 Å². The molecule has 2 N–H and O–H groups in total. The van der Waals surface area contributed by atoms with Crippen LogP contribution in [0.4, 0.5) is 5.69 Å². The molecule has 0 fully saturated rings. The van der Waals surface area contributed by atoms with Crippen LogP contribution in [0.25, 0.3) is 0 Å². The van der Waals surface area contributed by atoms with Gasteiger partial charge in [0.1, 0.15) is 6.26 Å². The molecule has 1 aromatic heterocycles. The van der Waals surface area contributed by atoms with Gasteiger partial charge in [-0.15, -0.1) is 0 Å². The molecule has 3 nitrogen and oxygen atoms in total. The van der Waals surface area contributed by atoms with Gasteiger partial charge >= 0.3 is 0 Å². The maximum Gasteiger partial charge on any atom is 0.260 e. The van der Waals surface area contributed by atoms with Crippen LogP contribution in [0.5, 0.6) is 0 Å². The van der Waals surface area contributed by atoms with Gasteiger partial charge in [0.2, 0.25) is 0 Å². The van der Waals surface area contributed by atoms with Crippen molar-refractivity contribution < 1.29 is 4.42 Å². The van der Waals surface area contributed by atoms with Crippen molar-refractivity contribution in [2.24, 2.45) is 0 Å². The molecule has 15 heavy (non-hydrogen) atoms. The van der Waals surface area contributed by atoms with E-state index in [1.54, 1.807) is 18.4 Å². The van der Waals surface area contributed by atoms with E-state index in [2.05, 4.69) is 4.98 Å². The maximum atomic E-state index is 6.02. The smallest absolute Gasteiger partial charge is 0.260 e. The lowest BCUT2D eigenvalue weighted by Crippen LogP contribution is -1.84. The average Bonchev–Trinajstić information content (AvgIpc) is 2.56. The minimum absolute atomic E-state index is 0.583. The number of halogens is 1. The van der Waals surface area contributed by atoms with Crippen LogP contribution in [-0.2, 0) is 0 Å². The van der Waals surface area contributed by atoms with Crippen LogP contribution < -0.4 is 5.73 Å². The molecule has 78 valence electrons. The topological polar surface area (TPSA) is 52.0 Å².